The summed E-state index contributed by atoms with van der Waals surface area (Å²) in [6.45, 7) is 0.647. The molecule has 0 aliphatic carbocycles. The van der Waals surface area contributed by atoms with Gasteiger partial charge in [0.05, 0.1) is 17.9 Å². The fourth-order valence-corrected chi connectivity index (χ4v) is 1.96. The summed E-state index contributed by atoms with van der Waals surface area (Å²) >= 11 is 0. The average Bonchev–Trinajstić information content (AvgIpc) is 2.76. The summed E-state index contributed by atoms with van der Waals surface area (Å²) in [6, 6.07) is -0.165. The molecular formula is C11H16N4O3. The van der Waals surface area contributed by atoms with E-state index in [1.165, 1.54) is 17.1 Å². The SMILES string of the molecule is O=C(O)Cn1cc(NC(=O)[C@H]2CCCCN2)cn1. The van der Waals surface area contributed by atoms with Gasteiger partial charge in [0.15, 0.2) is 0 Å². The lowest BCUT2D eigenvalue weighted by Gasteiger charge is -2.22. The van der Waals surface area contributed by atoms with E-state index in [2.05, 4.69) is 15.7 Å². The zero-order valence-electron chi connectivity index (χ0n) is 9.93. The summed E-state index contributed by atoms with van der Waals surface area (Å²) in [7, 11) is 0. The van der Waals surface area contributed by atoms with E-state index < -0.39 is 5.97 Å². The van der Waals surface area contributed by atoms with Crippen LogP contribution in [-0.4, -0.2) is 39.4 Å². The van der Waals surface area contributed by atoms with Crippen molar-refractivity contribution in [3.05, 3.63) is 12.4 Å². The Balaban J connectivity index is 1.90. The van der Waals surface area contributed by atoms with Gasteiger partial charge in [-0.25, -0.2) is 0 Å². The van der Waals surface area contributed by atoms with Crippen LogP contribution in [-0.2, 0) is 16.1 Å². The van der Waals surface area contributed by atoms with Gasteiger partial charge in [0.2, 0.25) is 5.91 Å². The minimum atomic E-state index is -0.968. The van der Waals surface area contributed by atoms with Crippen LogP contribution in [0.1, 0.15) is 19.3 Å². The molecular weight excluding hydrogens is 236 g/mol. The van der Waals surface area contributed by atoms with Crippen molar-refractivity contribution >= 4 is 17.6 Å². The van der Waals surface area contributed by atoms with Crippen LogP contribution in [0, 0.1) is 0 Å². The molecule has 18 heavy (non-hydrogen) atoms. The second kappa shape index (κ2) is 5.63. The van der Waals surface area contributed by atoms with E-state index in [1.807, 2.05) is 0 Å². The topological polar surface area (TPSA) is 96.2 Å². The predicted octanol–water partition coefficient (Wildman–Crippen LogP) is 0.0483. The van der Waals surface area contributed by atoms with Gasteiger partial charge < -0.3 is 15.7 Å². The zero-order valence-corrected chi connectivity index (χ0v) is 9.93. The predicted molar refractivity (Wildman–Crippen MR) is 64.1 cm³/mol. The van der Waals surface area contributed by atoms with Crippen molar-refractivity contribution < 1.29 is 14.7 Å². The Labute approximate surface area is 104 Å². The molecule has 1 aliphatic rings. The summed E-state index contributed by atoms with van der Waals surface area (Å²) in [5.74, 6) is -1.06. The van der Waals surface area contributed by atoms with Crippen LogP contribution in [0.3, 0.4) is 0 Å². The second-order valence-corrected chi connectivity index (χ2v) is 4.31. The number of nitrogens with one attached hydrogen (secondary N) is 2. The summed E-state index contributed by atoms with van der Waals surface area (Å²) in [4.78, 5) is 22.4. The molecule has 98 valence electrons. The minimum Gasteiger partial charge on any atom is -0.480 e. The molecule has 0 radical (unpaired) electrons. The third kappa shape index (κ3) is 3.30. The van der Waals surface area contributed by atoms with E-state index in [0.29, 0.717) is 5.69 Å². The Morgan fingerprint density at radius 1 is 1.56 bits per heavy atom. The Bertz CT molecular complexity index is 437. The van der Waals surface area contributed by atoms with Gasteiger partial charge in [-0.2, -0.15) is 5.10 Å². The normalized spacial score (nSPS) is 19.4. The second-order valence-electron chi connectivity index (χ2n) is 4.31. The molecule has 3 N–H and O–H groups in total. The summed E-state index contributed by atoms with van der Waals surface area (Å²) in [5, 5.41) is 18.3. The molecule has 1 aliphatic heterocycles. The Morgan fingerprint density at radius 3 is 3.06 bits per heavy atom. The number of carbonyl (C=O) groups is 2. The maximum atomic E-state index is 11.9. The summed E-state index contributed by atoms with van der Waals surface area (Å²) in [6.07, 6.45) is 5.93. The number of rotatable bonds is 4. The number of amides is 1. The first-order valence-corrected chi connectivity index (χ1v) is 5.93. The Morgan fingerprint density at radius 2 is 2.39 bits per heavy atom. The lowest BCUT2D eigenvalue weighted by Crippen LogP contribution is -2.43. The van der Waals surface area contributed by atoms with Crippen LogP contribution in [0.2, 0.25) is 0 Å². The lowest BCUT2D eigenvalue weighted by molar-refractivity contribution is -0.137. The zero-order chi connectivity index (χ0) is 13.0. The van der Waals surface area contributed by atoms with E-state index in [0.717, 1.165) is 25.8 Å². The summed E-state index contributed by atoms with van der Waals surface area (Å²) in [5.41, 5.74) is 0.522. The van der Waals surface area contributed by atoms with Crippen molar-refractivity contribution in [1.82, 2.24) is 15.1 Å². The van der Waals surface area contributed by atoms with Gasteiger partial charge in [-0.05, 0) is 19.4 Å². The lowest BCUT2D eigenvalue weighted by atomic mass is 10.0. The van der Waals surface area contributed by atoms with Crippen molar-refractivity contribution in [3.63, 3.8) is 0 Å². The standard InChI is InChI=1S/C11H16N4O3/c16-10(17)7-15-6-8(5-13-15)14-11(18)9-3-1-2-4-12-9/h5-6,9,12H,1-4,7H2,(H,14,18)(H,16,17)/t9-/m1/s1. The monoisotopic (exact) mass is 252 g/mol. The molecule has 0 bridgehead atoms. The molecule has 7 heteroatoms. The fraction of sp³-hybridized carbons (Fsp3) is 0.545. The van der Waals surface area contributed by atoms with Crippen molar-refractivity contribution in [2.24, 2.45) is 0 Å². The van der Waals surface area contributed by atoms with Gasteiger partial charge in [-0.1, -0.05) is 6.42 Å². The molecule has 0 saturated carbocycles. The molecule has 1 fully saturated rings. The number of aromatic nitrogens is 2. The first-order chi connectivity index (χ1) is 8.65. The molecule has 0 unspecified atom stereocenters. The molecule has 2 rings (SSSR count). The smallest absolute Gasteiger partial charge is 0.325 e. The number of hydrogen-bond acceptors (Lipinski definition) is 4. The van der Waals surface area contributed by atoms with E-state index in [1.54, 1.807) is 0 Å². The summed E-state index contributed by atoms with van der Waals surface area (Å²) < 4.78 is 1.27. The maximum Gasteiger partial charge on any atom is 0.325 e. The number of carboxylic acid groups (broad SMARTS) is 1. The van der Waals surface area contributed by atoms with Crippen LogP contribution < -0.4 is 10.6 Å². The first-order valence-electron chi connectivity index (χ1n) is 5.93. The largest absolute Gasteiger partial charge is 0.480 e. The van der Waals surface area contributed by atoms with E-state index in [9.17, 15) is 9.59 Å². The Kier molecular flexibility index (Phi) is 3.93. The maximum absolute atomic E-state index is 11.9. The third-order valence-corrected chi connectivity index (χ3v) is 2.82. The van der Waals surface area contributed by atoms with Crippen molar-refractivity contribution in [1.29, 1.82) is 0 Å². The van der Waals surface area contributed by atoms with E-state index in [-0.39, 0.29) is 18.5 Å². The van der Waals surface area contributed by atoms with Gasteiger partial charge in [0.25, 0.3) is 0 Å². The highest BCUT2D eigenvalue weighted by Gasteiger charge is 2.20. The van der Waals surface area contributed by atoms with Gasteiger partial charge in [-0.15, -0.1) is 0 Å². The van der Waals surface area contributed by atoms with Gasteiger partial charge in [-0.3, -0.25) is 14.3 Å². The molecule has 0 aromatic carbocycles. The number of hydrogen-bond donors (Lipinski definition) is 3. The van der Waals surface area contributed by atoms with Crippen LogP contribution in [0.4, 0.5) is 5.69 Å². The molecule has 1 amide bonds. The van der Waals surface area contributed by atoms with E-state index in [4.69, 9.17) is 5.11 Å². The van der Waals surface area contributed by atoms with Crippen LogP contribution in [0.25, 0.3) is 0 Å². The number of nitrogens with zero attached hydrogens (tertiary/aromatic N) is 2. The van der Waals surface area contributed by atoms with Gasteiger partial charge in [0, 0.05) is 6.20 Å². The average molecular weight is 252 g/mol. The molecule has 1 saturated heterocycles. The molecule has 2 heterocycles. The molecule has 0 spiro atoms. The van der Waals surface area contributed by atoms with Gasteiger partial charge in [0.1, 0.15) is 6.54 Å². The number of aliphatic carboxylic acids is 1. The van der Waals surface area contributed by atoms with Crippen molar-refractivity contribution in [2.45, 2.75) is 31.8 Å². The fourth-order valence-electron chi connectivity index (χ4n) is 1.96. The van der Waals surface area contributed by atoms with Gasteiger partial charge >= 0.3 is 5.97 Å². The van der Waals surface area contributed by atoms with Crippen LogP contribution in [0.15, 0.2) is 12.4 Å². The van der Waals surface area contributed by atoms with E-state index >= 15 is 0 Å². The Hall–Kier alpha value is -1.89. The highest BCUT2D eigenvalue weighted by molar-refractivity contribution is 5.94. The minimum absolute atomic E-state index is 0.0930. The number of carbonyl (C=O) groups excluding carboxylic acids is 1. The quantitative estimate of drug-likeness (QED) is 0.703. The van der Waals surface area contributed by atoms with Crippen LogP contribution in [0.5, 0.6) is 0 Å². The molecule has 1 aromatic heterocycles. The number of carboxylic acids is 1. The third-order valence-electron chi connectivity index (χ3n) is 2.82. The highest BCUT2D eigenvalue weighted by Crippen LogP contribution is 2.10. The molecule has 7 nitrogen and oxygen atoms in total. The van der Waals surface area contributed by atoms with Crippen molar-refractivity contribution in [3.8, 4) is 0 Å². The highest BCUT2D eigenvalue weighted by atomic mass is 16.4. The molecule has 1 aromatic rings. The molecule has 1 atom stereocenters. The number of piperidine rings is 1. The number of anilines is 1. The first kappa shape index (κ1) is 12.6. The van der Waals surface area contributed by atoms with Crippen LogP contribution >= 0.6 is 0 Å². The van der Waals surface area contributed by atoms with Crippen molar-refractivity contribution in [2.75, 3.05) is 11.9 Å².